The van der Waals surface area contributed by atoms with Crippen molar-refractivity contribution in [1.29, 1.82) is 0 Å². The molecular formula is C31H32N10O2S. The van der Waals surface area contributed by atoms with E-state index in [0.29, 0.717) is 34.9 Å². The summed E-state index contributed by atoms with van der Waals surface area (Å²) in [5, 5.41) is 18.6. The number of anilines is 3. The summed E-state index contributed by atoms with van der Waals surface area (Å²) in [5.41, 5.74) is 5.41. The highest BCUT2D eigenvalue weighted by Gasteiger charge is 2.20. The van der Waals surface area contributed by atoms with Crippen LogP contribution in [0.1, 0.15) is 27.4 Å². The lowest BCUT2D eigenvalue weighted by Gasteiger charge is -2.26. The van der Waals surface area contributed by atoms with E-state index in [0.717, 1.165) is 72.1 Å². The first-order valence-corrected chi connectivity index (χ1v) is 15.4. The van der Waals surface area contributed by atoms with Gasteiger partial charge in [-0.15, -0.1) is 11.3 Å². The van der Waals surface area contributed by atoms with Gasteiger partial charge in [0.1, 0.15) is 6.33 Å². The van der Waals surface area contributed by atoms with Gasteiger partial charge >= 0.3 is 0 Å². The molecule has 1 aliphatic heterocycles. The van der Waals surface area contributed by atoms with E-state index in [1.807, 2.05) is 77.3 Å². The SMILES string of the molecule is Cc1cccc(Cn2nc(C)c3c(NC(=O)c4csc5c(Nc6ccn(CCN7CCOCC7)n6)ncnc45)cccc32)n1. The van der Waals surface area contributed by atoms with Crippen LogP contribution in [-0.4, -0.2) is 78.2 Å². The Bertz CT molecular complexity index is 1960. The Morgan fingerprint density at radius 3 is 2.75 bits per heavy atom. The second-order valence-corrected chi connectivity index (χ2v) is 11.6. The Balaban J connectivity index is 1.08. The van der Waals surface area contributed by atoms with Gasteiger partial charge < -0.3 is 15.4 Å². The van der Waals surface area contributed by atoms with Gasteiger partial charge in [0.15, 0.2) is 11.6 Å². The van der Waals surface area contributed by atoms with Crippen molar-refractivity contribution in [2.45, 2.75) is 26.9 Å². The standard InChI is InChI=1S/C31H32N10O2S/c1-20-5-3-6-22(34-20)17-41-25-8-4-7-24(27(25)21(2)37-41)35-31(42)23-18-44-29-28(23)32-19-33-30(29)36-26-9-10-40(38-26)12-11-39-13-15-43-16-14-39/h3-10,18-19H,11-17H2,1-2H3,(H,35,42)(H,32,33,36,38). The van der Waals surface area contributed by atoms with Crippen LogP contribution in [0.25, 0.3) is 21.1 Å². The molecule has 6 heterocycles. The third-order valence-electron chi connectivity index (χ3n) is 7.69. The number of nitrogens with one attached hydrogen (secondary N) is 2. The van der Waals surface area contributed by atoms with E-state index in [9.17, 15) is 4.79 Å². The van der Waals surface area contributed by atoms with Gasteiger partial charge in [-0.2, -0.15) is 10.2 Å². The summed E-state index contributed by atoms with van der Waals surface area (Å²) >= 11 is 1.42. The Morgan fingerprint density at radius 1 is 1.02 bits per heavy atom. The zero-order valence-corrected chi connectivity index (χ0v) is 25.3. The number of hydrogen-bond acceptors (Lipinski definition) is 10. The van der Waals surface area contributed by atoms with Gasteiger partial charge in [0.25, 0.3) is 5.91 Å². The molecule has 0 radical (unpaired) electrons. The Hall–Kier alpha value is -4.72. The van der Waals surface area contributed by atoms with Crippen LogP contribution in [0.15, 0.2) is 60.4 Å². The molecule has 224 valence electrons. The molecule has 12 nitrogen and oxygen atoms in total. The lowest BCUT2D eigenvalue weighted by atomic mass is 10.1. The molecule has 1 saturated heterocycles. The second-order valence-electron chi connectivity index (χ2n) is 10.8. The molecule has 7 rings (SSSR count). The molecule has 2 N–H and O–H groups in total. The number of ether oxygens (including phenoxy) is 1. The van der Waals surface area contributed by atoms with Crippen molar-refractivity contribution in [3.05, 3.63) is 83.0 Å². The molecule has 1 amide bonds. The summed E-state index contributed by atoms with van der Waals surface area (Å²) < 4.78 is 10.1. The maximum absolute atomic E-state index is 13.6. The fourth-order valence-corrected chi connectivity index (χ4v) is 6.46. The number of aryl methyl sites for hydroxylation is 2. The first kappa shape index (κ1) is 28.1. The van der Waals surface area contributed by atoms with Crippen LogP contribution < -0.4 is 10.6 Å². The van der Waals surface area contributed by atoms with Crippen molar-refractivity contribution >= 4 is 55.7 Å². The Morgan fingerprint density at radius 2 is 1.89 bits per heavy atom. The number of nitrogens with zero attached hydrogens (tertiary/aromatic N) is 8. The number of carbonyl (C=O) groups is 1. The molecule has 1 aliphatic rings. The number of carbonyl (C=O) groups excluding carboxylic acids is 1. The number of morpholine rings is 1. The Kier molecular flexibility index (Phi) is 7.73. The normalized spacial score (nSPS) is 14.0. The van der Waals surface area contributed by atoms with E-state index in [2.05, 4.69) is 35.6 Å². The largest absolute Gasteiger partial charge is 0.379 e. The molecule has 0 atom stereocenters. The quantitative estimate of drug-likeness (QED) is 0.242. The van der Waals surface area contributed by atoms with E-state index < -0.39 is 0 Å². The number of amides is 1. The topological polar surface area (TPSA) is 128 Å². The van der Waals surface area contributed by atoms with Crippen LogP contribution in [0, 0.1) is 13.8 Å². The second kappa shape index (κ2) is 12.1. The zero-order valence-electron chi connectivity index (χ0n) is 24.5. The molecule has 6 aromatic rings. The molecule has 0 saturated carbocycles. The van der Waals surface area contributed by atoms with E-state index in [4.69, 9.17) is 9.84 Å². The van der Waals surface area contributed by atoms with Gasteiger partial charge in [-0.1, -0.05) is 12.1 Å². The van der Waals surface area contributed by atoms with Crippen LogP contribution >= 0.6 is 11.3 Å². The first-order chi connectivity index (χ1) is 21.5. The lowest BCUT2D eigenvalue weighted by molar-refractivity contribution is 0.0360. The van der Waals surface area contributed by atoms with Crippen LogP contribution in [0.3, 0.4) is 0 Å². The number of hydrogen-bond donors (Lipinski definition) is 2. The highest BCUT2D eigenvalue weighted by atomic mass is 32.1. The Labute approximate surface area is 257 Å². The predicted molar refractivity (Wildman–Crippen MR) is 171 cm³/mol. The lowest BCUT2D eigenvalue weighted by Crippen LogP contribution is -2.38. The summed E-state index contributed by atoms with van der Waals surface area (Å²) in [6.07, 6.45) is 3.43. The molecule has 0 unspecified atom stereocenters. The van der Waals surface area contributed by atoms with E-state index in [1.54, 1.807) is 0 Å². The minimum absolute atomic E-state index is 0.242. The summed E-state index contributed by atoms with van der Waals surface area (Å²) in [5.74, 6) is 1.06. The van der Waals surface area contributed by atoms with E-state index >= 15 is 0 Å². The number of rotatable bonds is 9. The van der Waals surface area contributed by atoms with Crippen molar-refractivity contribution in [2.24, 2.45) is 0 Å². The van der Waals surface area contributed by atoms with Crippen molar-refractivity contribution in [3.63, 3.8) is 0 Å². The van der Waals surface area contributed by atoms with Gasteiger partial charge in [-0.3, -0.25) is 24.0 Å². The smallest absolute Gasteiger partial charge is 0.258 e. The molecule has 0 spiro atoms. The van der Waals surface area contributed by atoms with Gasteiger partial charge in [0.05, 0.1) is 64.7 Å². The van der Waals surface area contributed by atoms with E-state index in [-0.39, 0.29) is 5.91 Å². The van der Waals surface area contributed by atoms with Crippen LogP contribution in [-0.2, 0) is 17.8 Å². The predicted octanol–water partition coefficient (Wildman–Crippen LogP) is 4.63. The fourth-order valence-electron chi connectivity index (χ4n) is 5.52. The average molecular weight is 609 g/mol. The molecule has 0 aliphatic carbocycles. The van der Waals surface area contributed by atoms with Crippen molar-refractivity contribution < 1.29 is 9.53 Å². The monoisotopic (exact) mass is 608 g/mol. The zero-order chi connectivity index (χ0) is 30.0. The molecule has 1 aromatic carbocycles. The van der Waals surface area contributed by atoms with E-state index in [1.165, 1.54) is 17.7 Å². The maximum Gasteiger partial charge on any atom is 0.258 e. The summed E-state index contributed by atoms with van der Waals surface area (Å²) in [6, 6.07) is 13.7. The van der Waals surface area contributed by atoms with Crippen LogP contribution in [0.5, 0.6) is 0 Å². The molecule has 0 bridgehead atoms. The number of fused-ring (bicyclic) bond motifs is 2. The summed E-state index contributed by atoms with van der Waals surface area (Å²) in [4.78, 5) is 29.5. The number of aromatic nitrogens is 7. The number of thiophene rings is 1. The van der Waals surface area contributed by atoms with Crippen molar-refractivity contribution in [3.8, 4) is 0 Å². The van der Waals surface area contributed by atoms with Crippen LogP contribution in [0.4, 0.5) is 17.3 Å². The minimum atomic E-state index is -0.242. The third kappa shape index (κ3) is 5.76. The first-order valence-electron chi connectivity index (χ1n) is 14.5. The summed E-state index contributed by atoms with van der Waals surface area (Å²) in [7, 11) is 0. The molecule has 5 aromatic heterocycles. The molecule has 1 fully saturated rings. The minimum Gasteiger partial charge on any atom is -0.379 e. The third-order valence-corrected chi connectivity index (χ3v) is 8.67. The van der Waals surface area contributed by atoms with Crippen LogP contribution in [0.2, 0.25) is 0 Å². The van der Waals surface area contributed by atoms with Gasteiger partial charge in [0.2, 0.25) is 0 Å². The highest BCUT2D eigenvalue weighted by molar-refractivity contribution is 7.18. The van der Waals surface area contributed by atoms with Gasteiger partial charge in [-0.05, 0) is 38.1 Å². The molecule has 13 heteroatoms. The average Bonchev–Trinajstić information content (AvgIpc) is 3.75. The van der Waals surface area contributed by atoms with Crippen molar-refractivity contribution in [1.82, 2.24) is 39.4 Å². The number of pyridine rings is 1. The maximum atomic E-state index is 13.6. The van der Waals surface area contributed by atoms with Gasteiger partial charge in [-0.25, -0.2) is 9.97 Å². The highest BCUT2D eigenvalue weighted by Crippen LogP contribution is 2.32. The summed E-state index contributed by atoms with van der Waals surface area (Å²) in [6.45, 7) is 9.63. The van der Waals surface area contributed by atoms with Crippen molar-refractivity contribution in [2.75, 3.05) is 43.5 Å². The fraction of sp³-hybridized carbons (Fsp3) is 0.290. The molecular weight excluding hydrogens is 576 g/mol. The van der Waals surface area contributed by atoms with Gasteiger partial charge in [0, 0.05) is 48.4 Å². The molecule has 44 heavy (non-hydrogen) atoms. The number of benzene rings is 1.